The molecular formula is C15H23N5. The summed E-state index contributed by atoms with van der Waals surface area (Å²) in [6.07, 6.45) is 7.40. The fourth-order valence-electron chi connectivity index (χ4n) is 2.58. The van der Waals surface area contributed by atoms with Gasteiger partial charge in [-0.3, -0.25) is 4.68 Å². The lowest BCUT2D eigenvalue weighted by atomic mass is 10.2. The Kier molecular flexibility index (Phi) is 3.61. The number of rotatable bonds is 6. The Morgan fingerprint density at radius 2 is 2.15 bits per heavy atom. The van der Waals surface area contributed by atoms with Gasteiger partial charge in [0.05, 0.1) is 5.69 Å². The van der Waals surface area contributed by atoms with Gasteiger partial charge >= 0.3 is 0 Å². The van der Waals surface area contributed by atoms with Crippen molar-refractivity contribution >= 4 is 0 Å². The minimum atomic E-state index is 0.740. The second-order valence-corrected chi connectivity index (χ2v) is 5.73. The van der Waals surface area contributed by atoms with E-state index in [0.29, 0.717) is 0 Å². The molecule has 0 atom stereocenters. The summed E-state index contributed by atoms with van der Waals surface area (Å²) in [4.78, 5) is 4.37. The molecule has 0 bridgehead atoms. The summed E-state index contributed by atoms with van der Waals surface area (Å²) in [7, 11) is 2.04. The molecule has 0 spiro atoms. The van der Waals surface area contributed by atoms with Crippen molar-refractivity contribution in [1.82, 2.24) is 24.6 Å². The topological polar surface area (TPSA) is 47.7 Å². The van der Waals surface area contributed by atoms with E-state index in [2.05, 4.69) is 38.5 Å². The fourth-order valence-corrected chi connectivity index (χ4v) is 2.58. The lowest BCUT2D eigenvalue weighted by molar-refractivity contribution is 0.571. The van der Waals surface area contributed by atoms with Crippen molar-refractivity contribution in [3.05, 3.63) is 35.2 Å². The second kappa shape index (κ2) is 5.40. The molecule has 1 saturated carbocycles. The minimum absolute atomic E-state index is 0.740. The quantitative estimate of drug-likeness (QED) is 0.872. The molecule has 5 heteroatoms. The van der Waals surface area contributed by atoms with Gasteiger partial charge in [-0.1, -0.05) is 0 Å². The van der Waals surface area contributed by atoms with Gasteiger partial charge in [-0.25, -0.2) is 4.98 Å². The summed E-state index contributed by atoms with van der Waals surface area (Å²) < 4.78 is 4.19. The maximum atomic E-state index is 4.68. The Balaban J connectivity index is 1.66. The van der Waals surface area contributed by atoms with Crippen molar-refractivity contribution in [2.75, 3.05) is 0 Å². The van der Waals surface area contributed by atoms with Crippen LogP contribution in [0.5, 0.6) is 0 Å². The molecule has 1 fully saturated rings. The average Bonchev–Trinajstić information content (AvgIpc) is 3.10. The molecular weight excluding hydrogens is 250 g/mol. The zero-order valence-electron chi connectivity index (χ0n) is 12.6. The van der Waals surface area contributed by atoms with Crippen LogP contribution in [0.3, 0.4) is 0 Å². The van der Waals surface area contributed by atoms with Crippen LogP contribution in [0.15, 0.2) is 12.4 Å². The van der Waals surface area contributed by atoms with Gasteiger partial charge in [-0.05, 0) is 26.7 Å². The van der Waals surface area contributed by atoms with Gasteiger partial charge in [0.25, 0.3) is 0 Å². The van der Waals surface area contributed by atoms with Gasteiger partial charge in [0.15, 0.2) is 0 Å². The smallest absolute Gasteiger partial charge is 0.110 e. The van der Waals surface area contributed by atoms with Gasteiger partial charge in [-0.15, -0.1) is 0 Å². The standard InChI is InChI=1S/C15H23N5/c1-11-14(10-17-13-4-5-13)12(2)20(18-11)8-6-15-16-7-9-19(15)3/h7,9,13,17H,4-6,8,10H2,1-3H3. The first kappa shape index (κ1) is 13.4. The fraction of sp³-hybridized carbons (Fsp3) is 0.600. The number of nitrogens with zero attached hydrogens (tertiary/aromatic N) is 4. The van der Waals surface area contributed by atoms with Gasteiger partial charge in [-0.2, -0.15) is 5.10 Å². The molecule has 1 aliphatic rings. The third kappa shape index (κ3) is 2.77. The molecule has 0 radical (unpaired) electrons. The van der Waals surface area contributed by atoms with E-state index < -0.39 is 0 Å². The zero-order chi connectivity index (χ0) is 14.1. The lowest BCUT2D eigenvalue weighted by Crippen LogP contribution is -2.16. The molecule has 1 aliphatic carbocycles. The molecule has 0 saturated heterocycles. The number of hydrogen-bond donors (Lipinski definition) is 1. The second-order valence-electron chi connectivity index (χ2n) is 5.73. The summed E-state index contributed by atoms with van der Waals surface area (Å²) in [6.45, 7) is 6.11. The maximum Gasteiger partial charge on any atom is 0.110 e. The van der Waals surface area contributed by atoms with E-state index in [1.807, 2.05) is 19.4 Å². The molecule has 5 nitrogen and oxygen atoms in total. The number of aromatic nitrogens is 4. The Morgan fingerprint density at radius 1 is 1.35 bits per heavy atom. The van der Waals surface area contributed by atoms with E-state index in [9.17, 15) is 0 Å². The van der Waals surface area contributed by atoms with Crippen molar-refractivity contribution in [2.24, 2.45) is 7.05 Å². The highest BCUT2D eigenvalue weighted by Gasteiger charge is 2.21. The van der Waals surface area contributed by atoms with E-state index in [0.717, 1.165) is 37.1 Å². The molecule has 20 heavy (non-hydrogen) atoms. The molecule has 3 rings (SSSR count). The van der Waals surface area contributed by atoms with Crippen LogP contribution in [0, 0.1) is 13.8 Å². The summed E-state index contributed by atoms with van der Waals surface area (Å²) in [5.41, 5.74) is 3.79. The van der Waals surface area contributed by atoms with E-state index in [1.54, 1.807) is 0 Å². The molecule has 2 aromatic heterocycles. The zero-order valence-corrected chi connectivity index (χ0v) is 12.6. The van der Waals surface area contributed by atoms with E-state index in [4.69, 9.17) is 0 Å². The van der Waals surface area contributed by atoms with Crippen molar-refractivity contribution < 1.29 is 0 Å². The molecule has 0 unspecified atom stereocenters. The van der Waals surface area contributed by atoms with Crippen LogP contribution in [0.25, 0.3) is 0 Å². The van der Waals surface area contributed by atoms with Crippen LogP contribution in [0.1, 0.15) is 35.6 Å². The Hall–Kier alpha value is -1.62. The largest absolute Gasteiger partial charge is 0.338 e. The number of nitrogens with one attached hydrogen (secondary N) is 1. The predicted molar refractivity (Wildman–Crippen MR) is 78.5 cm³/mol. The third-order valence-corrected chi connectivity index (χ3v) is 4.14. The third-order valence-electron chi connectivity index (χ3n) is 4.14. The molecule has 0 amide bonds. The van der Waals surface area contributed by atoms with E-state index >= 15 is 0 Å². The van der Waals surface area contributed by atoms with Crippen molar-refractivity contribution in [1.29, 1.82) is 0 Å². The monoisotopic (exact) mass is 273 g/mol. The lowest BCUT2D eigenvalue weighted by Gasteiger charge is -2.06. The summed E-state index contributed by atoms with van der Waals surface area (Å²) in [6, 6.07) is 0.740. The molecule has 0 aromatic carbocycles. The first-order valence-electron chi connectivity index (χ1n) is 7.37. The van der Waals surface area contributed by atoms with E-state index in [1.165, 1.54) is 24.1 Å². The number of hydrogen-bond acceptors (Lipinski definition) is 3. The molecule has 2 aromatic rings. The number of imidazole rings is 1. The van der Waals surface area contributed by atoms with Crippen molar-refractivity contribution in [2.45, 2.75) is 52.2 Å². The predicted octanol–water partition coefficient (Wildman–Crippen LogP) is 1.73. The highest BCUT2D eigenvalue weighted by Crippen LogP contribution is 2.21. The average molecular weight is 273 g/mol. The first-order chi connectivity index (χ1) is 9.65. The van der Waals surface area contributed by atoms with Crippen LogP contribution < -0.4 is 5.32 Å². The Bertz CT molecular complexity index is 591. The minimum Gasteiger partial charge on any atom is -0.338 e. The van der Waals surface area contributed by atoms with Gasteiger partial charge in [0, 0.05) is 56.3 Å². The maximum absolute atomic E-state index is 4.68. The summed E-state index contributed by atoms with van der Waals surface area (Å²) in [5, 5.41) is 8.25. The van der Waals surface area contributed by atoms with Gasteiger partial charge < -0.3 is 9.88 Å². The summed E-state index contributed by atoms with van der Waals surface area (Å²) >= 11 is 0. The van der Waals surface area contributed by atoms with Crippen LogP contribution >= 0.6 is 0 Å². The van der Waals surface area contributed by atoms with Crippen LogP contribution in [-0.4, -0.2) is 25.4 Å². The normalized spacial score (nSPS) is 14.9. The molecule has 0 aliphatic heterocycles. The highest BCUT2D eigenvalue weighted by molar-refractivity contribution is 5.24. The Morgan fingerprint density at radius 3 is 2.80 bits per heavy atom. The van der Waals surface area contributed by atoms with Crippen LogP contribution in [0.4, 0.5) is 0 Å². The van der Waals surface area contributed by atoms with Crippen LogP contribution in [0.2, 0.25) is 0 Å². The molecule has 2 heterocycles. The van der Waals surface area contributed by atoms with Gasteiger partial charge in [0.2, 0.25) is 0 Å². The molecule has 108 valence electrons. The number of aryl methyl sites for hydroxylation is 4. The van der Waals surface area contributed by atoms with Crippen LogP contribution in [-0.2, 0) is 26.6 Å². The Labute approximate surface area is 120 Å². The first-order valence-corrected chi connectivity index (χ1v) is 7.37. The van der Waals surface area contributed by atoms with Crippen molar-refractivity contribution in [3.63, 3.8) is 0 Å². The summed E-state index contributed by atoms with van der Waals surface area (Å²) in [5.74, 6) is 1.11. The van der Waals surface area contributed by atoms with Crippen molar-refractivity contribution in [3.8, 4) is 0 Å². The van der Waals surface area contributed by atoms with E-state index in [-0.39, 0.29) is 0 Å². The highest BCUT2D eigenvalue weighted by atomic mass is 15.3. The molecule has 1 N–H and O–H groups in total. The van der Waals surface area contributed by atoms with Gasteiger partial charge in [0.1, 0.15) is 5.82 Å². The SMILES string of the molecule is Cc1nn(CCc2nccn2C)c(C)c1CNC1CC1.